The van der Waals surface area contributed by atoms with Crippen molar-refractivity contribution in [2.75, 3.05) is 0 Å². The number of rotatable bonds is 5. The molecule has 9 aromatic carbocycles. The molecule has 0 saturated heterocycles. The van der Waals surface area contributed by atoms with Gasteiger partial charge in [0.1, 0.15) is 0 Å². The fourth-order valence-corrected chi connectivity index (χ4v) is 5.90. The van der Waals surface area contributed by atoms with E-state index in [1.807, 2.05) is 184 Å². The highest BCUT2D eigenvalue weighted by molar-refractivity contribution is 5.73. The third-order valence-electron chi connectivity index (χ3n) is 8.72. The van der Waals surface area contributed by atoms with Gasteiger partial charge in [0.25, 0.3) is 0 Å². The van der Waals surface area contributed by atoms with Crippen molar-refractivity contribution in [1.82, 2.24) is 0 Å². The summed E-state index contributed by atoms with van der Waals surface area (Å²) in [6.45, 7) is 32.0. The zero-order chi connectivity index (χ0) is 52.9. The molecule has 0 nitrogen and oxygen atoms in total. The summed E-state index contributed by atoms with van der Waals surface area (Å²) in [5, 5.41) is 0. The van der Waals surface area contributed by atoms with Crippen LogP contribution in [0.4, 0.5) is 0 Å². The highest BCUT2D eigenvalue weighted by Crippen LogP contribution is 2.27. The molecule has 0 N–H and O–H groups in total. The minimum Gasteiger partial charge on any atom is -0.0683 e. The Balaban J connectivity index is -0.000000807. The van der Waals surface area contributed by atoms with Gasteiger partial charge >= 0.3 is 0 Å². The van der Waals surface area contributed by atoms with Gasteiger partial charge in [-0.25, -0.2) is 0 Å². The van der Waals surface area contributed by atoms with E-state index in [0.29, 0.717) is 0 Å². The molecule has 0 heteroatoms. The topological polar surface area (TPSA) is 0 Å². The Morgan fingerprint density at radius 2 is 0.229 bits per heavy atom. The number of hydrogen-bond acceptors (Lipinski definition) is 0. The first-order chi connectivity index (χ1) is 34.8. The second-order valence-electron chi connectivity index (χ2n) is 12.5. The summed E-state index contributed by atoms with van der Waals surface area (Å²) in [7, 11) is 0. The predicted molar refractivity (Wildman–Crippen MR) is 324 cm³/mol. The molecule has 0 aromatic heterocycles. The van der Waals surface area contributed by atoms with Gasteiger partial charge in [0, 0.05) is 0 Å². The molecule has 0 aliphatic carbocycles. The molecule has 0 saturated carbocycles. The number of hydrogen-bond donors (Lipinski definition) is 0. The summed E-state index contributed by atoms with van der Waals surface area (Å²) in [5.41, 5.74) is 12.6. The summed E-state index contributed by atoms with van der Waals surface area (Å²) in [6, 6.07) is 92.0. The van der Waals surface area contributed by atoms with Gasteiger partial charge in [-0.1, -0.05) is 372 Å². The summed E-state index contributed by atoms with van der Waals surface area (Å²) < 4.78 is 0. The van der Waals surface area contributed by atoms with Crippen molar-refractivity contribution in [1.29, 1.82) is 0 Å². The lowest BCUT2D eigenvalue weighted by molar-refractivity contribution is 1.50. The van der Waals surface area contributed by atoms with E-state index in [4.69, 9.17) is 0 Å². The Kier molecular flexibility index (Phi) is 49.4. The van der Waals surface area contributed by atoms with Crippen LogP contribution < -0.4 is 0 Å². The van der Waals surface area contributed by atoms with Crippen LogP contribution in [0.25, 0.3) is 55.6 Å². The lowest BCUT2D eigenvalue weighted by Crippen LogP contribution is -1.80. The SMILES string of the molecule is CC.CC.CC.CC.CC.CC.CC.CC.c1ccc(-c2ccc(-c3ccccc3)cc2)cc1.c1ccc(-c2cccc(-c3ccccc3)c2)cc1.c1ccc(-c2ccccc2)cc1.c1ccccc1. The Morgan fingerprint density at radius 3 is 0.400 bits per heavy atom. The quantitative estimate of drug-likeness (QED) is 0.161. The van der Waals surface area contributed by atoms with Crippen LogP contribution in [0.3, 0.4) is 0 Å². The lowest BCUT2D eigenvalue weighted by atomic mass is 9.99. The maximum absolute atomic E-state index is 2.24. The average molecular weight is 934 g/mol. The summed E-state index contributed by atoms with van der Waals surface area (Å²) in [4.78, 5) is 0. The van der Waals surface area contributed by atoms with Gasteiger partial charge in [-0.05, 0) is 61.7 Å². The molecule has 0 fully saturated rings. The Labute approximate surface area is 431 Å². The van der Waals surface area contributed by atoms with E-state index in [9.17, 15) is 0 Å². The number of benzene rings is 9. The van der Waals surface area contributed by atoms with Gasteiger partial charge < -0.3 is 0 Å². The first-order valence-electron chi connectivity index (χ1n) is 26.4. The van der Waals surface area contributed by atoms with Crippen LogP contribution in [-0.4, -0.2) is 0 Å². The van der Waals surface area contributed by atoms with Crippen molar-refractivity contribution >= 4 is 0 Å². The molecule has 0 unspecified atom stereocenters. The largest absolute Gasteiger partial charge is 0.0683 e. The van der Waals surface area contributed by atoms with Crippen LogP contribution >= 0.6 is 0 Å². The van der Waals surface area contributed by atoms with Crippen LogP contribution in [0.5, 0.6) is 0 Å². The molecule has 9 aromatic rings. The Hall–Kier alpha value is -7.02. The smallest absolute Gasteiger partial charge is 0.0178 e. The van der Waals surface area contributed by atoms with Crippen molar-refractivity contribution < 1.29 is 0 Å². The molecule has 70 heavy (non-hydrogen) atoms. The molecule has 0 bridgehead atoms. The molecule has 0 radical (unpaired) electrons. The van der Waals surface area contributed by atoms with Crippen LogP contribution in [0.1, 0.15) is 111 Å². The van der Waals surface area contributed by atoms with Gasteiger partial charge in [-0.3, -0.25) is 0 Å². The maximum atomic E-state index is 2.24. The van der Waals surface area contributed by atoms with Crippen LogP contribution in [0, 0.1) is 0 Å². The molecule has 0 spiro atoms. The van der Waals surface area contributed by atoms with E-state index >= 15 is 0 Å². The van der Waals surface area contributed by atoms with E-state index in [2.05, 4.69) is 194 Å². The first kappa shape index (κ1) is 67.3. The lowest BCUT2D eigenvalue weighted by Gasteiger charge is -2.05. The summed E-state index contributed by atoms with van der Waals surface area (Å²) in [6.07, 6.45) is 0. The van der Waals surface area contributed by atoms with Crippen molar-refractivity contribution in [3.8, 4) is 55.6 Å². The molecule has 0 aliphatic rings. The van der Waals surface area contributed by atoms with Crippen LogP contribution in [0.15, 0.2) is 267 Å². The highest BCUT2D eigenvalue weighted by atomic mass is 14.1. The van der Waals surface area contributed by atoms with Crippen molar-refractivity contribution in [2.45, 2.75) is 111 Å². The molecular formula is C70H92. The molecule has 0 aliphatic heterocycles. The van der Waals surface area contributed by atoms with E-state index < -0.39 is 0 Å². The van der Waals surface area contributed by atoms with E-state index in [0.717, 1.165) is 0 Å². The Bertz CT molecular complexity index is 2120. The minimum atomic E-state index is 1.26. The van der Waals surface area contributed by atoms with Gasteiger partial charge in [-0.15, -0.1) is 0 Å². The van der Waals surface area contributed by atoms with E-state index in [1.165, 1.54) is 55.6 Å². The molecule has 0 heterocycles. The minimum absolute atomic E-state index is 1.26. The van der Waals surface area contributed by atoms with Gasteiger partial charge in [0.05, 0.1) is 0 Å². The predicted octanol–water partition coefficient (Wildman–Crippen LogP) is 23.3. The molecule has 0 atom stereocenters. The third-order valence-corrected chi connectivity index (χ3v) is 8.72. The average Bonchev–Trinajstić information content (AvgIpc) is 3.51. The fourth-order valence-electron chi connectivity index (χ4n) is 5.90. The summed E-state index contributed by atoms with van der Waals surface area (Å²) in [5.74, 6) is 0. The molecular weight excluding hydrogens is 841 g/mol. The molecule has 0 amide bonds. The zero-order valence-corrected chi connectivity index (χ0v) is 46.4. The normalized spacial score (nSPS) is 8.29. The van der Waals surface area contributed by atoms with Crippen molar-refractivity contribution in [3.05, 3.63) is 267 Å². The summed E-state index contributed by atoms with van der Waals surface area (Å²) >= 11 is 0. The maximum Gasteiger partial charge on any atom is -0.0178 e. The van der Waals surface area contributed by atoms with Crippen molar-refractivity contribution in [3.63, 3.8) is 0 Å². The van der Waals surface area contributed by atoms with Gasteiger partial charge in [0.2, 0.25) is 0 Å². The highest BCUT2D eigenvalue weighted by Gasteiger charge is 2.01. The second-order valence-corrected chi connectivity index (χ2v) is 12.5. The van der Waals surface area contributed by atoms with Gasteiger partial charge in [0.15, 0.2) is 0 Å². The second kappa shape index (κ2) is 51.4. The third kappa shape index (κ3) is 29.0. The van der Waals surface area contributed by atoms with E-state index in [-0.39, 0.29) is 0 Å². The fraction of sp³-hybridized carbons (Fsp3) is 0.229. The molecule has 372 valence electrons. The first-order valence-corrected chi connectivity index (χ1v) is 26.4. The van der Waals surface area contributed by atoms with Crippen LogP contribution in [-0.2, 0) is 0 Å². The molecule has 9 rings (SSSR count). The van der Waals surface area contributed by atoms with Crippen LogP contribution in [0.2, 0.25) is 0 Å². The Morgan fingerprint density at radius 1 is 0.114 bits per heavy atom. The van der Waals surface area contributed by atoms with E-state index in [1.54, 1.807) is 0 Å². The monoisotopic (exact) mass is 933 g/mol. The van der Waals surface area contributed by atoms with Gasteiger partial charge in [-0.2, -0.15) is 0 Å². The van der Waals surface area contributed by atoms with Crippen molar-refractivity contribution in [2.24, 2.45) is 0 Å². The zero-order valence-electron chi connectivity index (χ0n) is 46.4. The standard InChI is InChI=1S/2C18H14.C12H10.C6H6.8C2H6/c1-3-8-15(9-4-1)17-12-7-13-18(14-17)16-10-5-2-6-11-16;1-3-7-15(8-4-1)17-11-13-18(14-12-17)16-9-5-2-6-10-16;1-3-7-11(8-4-1)12-9-5-2-6-10-12;1-2-4-6-5-3-1;8*1-2/h2*1-14H;1-10H;1-6H;8*1-2H3.